The molecule has 22 heavy (non-hydrogen) atoms. The van der Waals surface area contributed by atoms with Crippen LogP contribution in [0.1, 0.15) is 51.4 Å². The Labute approximate surface area is 134 Å². The van der Waals surface area contributed by atoms with Gasteiger partial charge in [0.2, 0.25) is 0 Å². The van der Waals surface area contributed by atoms with E-state index in [0.29, 0.717) is 17.4 Å². The molecule has 1 unspecified atom stereocenters. The van der Waals surface area contributed by atoms with Gasteiger partial charge >= 0.3 is 5.97 Å². The van der Waals surface area contributed by atoms with E-state index >= 15 is 0 Å². The maximum absolute atomic E-state index is 11.8. The molecule has 1 atom stereocenters. The Morgan fingerprint density at radius 3 is 2.27 bits per heavy atom. The van der Waals surface area contributed by atoms with E-state index < -0.39 is 12.1 Å². The minimum atomic E-state index is -1.19. The maximum Gasteiger partial charge on any atom is 0.306 e. The number of likely N-dealkylation sites (N-methyl/N-ethyl adjacent to an activating group) is 1. The van der Waals surface area contributed by atoms with Gasteiger partial charge in [-0.2, -0.15) is 0 Å². The van der Waals surface area contributed by atoms with Crippen LogP contribution in [0.15, 0.2) is 12.7 Å². The minimum Gasteiger partial charge on any atom is -0.550 e. The highest BCUT2D eigenvalue weighted by Crippen LogP contribution is 2.10. The number of hydrogen-bond donors (Lipinski definition) is 0. The summed E-state index contributed by atoms with van der Waals surface area (Å²) in [6.07, 6.45) is 7.61. The highest BCUT2D eigenvalue weighted by atomic mass is 16.5. The molecule has 0 rings (SSSR count). The summed E-state index contributed by atoms with van der Waals surface area (Å²) in [6, 6.07) is 0. The number of carbonyl (C=O) groups is 2. The van der Waals surface area contributed by atoms with Gasteiger partial charge in [-0.05, 0) is 19.3 Å². The molecule has 0 aromatic carbocycles. The van der Waals surface area contributed by atoms with Crippen molar-refractivity contribution in [1.82, 2.24) is 0 Å². The Bertz CT molecular complexity index is 347. The molecule has 0 heterocycles. The van der Waals surface area contributed by atoms with Crippen LogP contribution in [0.25, 0.3) is 0 Å². The minimum absolute atomic E-state index is 0.247. The summed E-state index contributed by atoms with van der Waals surface area (Å²) in [5, 5.41) is 10.7. The van der Waals surface area contributed by atoms with E-state index in [-0.39, 0.29) is 12.4 Å². The van der Waals surface area contributed by atoms with Crippen molar-refractivity contribution in [2.75, 3.05) is 27.7 Å². The standard InChI is InChI=1S/C17H31NO4/c1-5-6-7-8-9-10-11-12-17(21)22-15(13-16(19)20)14-18(2,3)4/h5,15H,1,6-14H2,2-4H3. The van der Waals surface area contributed by atoms with E-state index in [4.69, 9.17) is 4.74 Å². The molecule has 0 N–H and O–H groups in total. The number of allylic oxidation sites excluding steroid dienone is 1. The Morgan fingerprint density at radius 2 is 1.73 bits per heavy atom. The molecule has 128 valence electrons. The van der Waals surface area contributed by atoms with Gasteiger partial charge in [-0.15, -0.1) is 6.58 Å². The second-order valence-corrected chi connectivity index (χ2v) is 6.76. The average Bonchev–Trinajstić information content (AvgIpc) is 2.34. The summed E-state index contributed by atoms with van der Waals surface area (Å²) in [5.41, 5.74) is 0. The van der Waals surface area contributed by atoms with Crippen molar-refractivity contribution in [3.8, 4) is 0 Å². The number of carboxylic acid groups (broad SMARTS) is 1. The number of ether oxygens (including phenoxy) is 1. The van der Waals surface area contributed by atoms with Crippen molar-refractivity contribution >= 4 is 11.9 Å². The van der Waals surface area contributed by atoms with Gasteiger partial charge in [0.15, 0.2) is 6.10 Å². The first-order valence-corrected chi connectivity index (χ1v) is 8.05. The number of nitrogens with zero attached hydrogens (tertiary/aromatic N) is 1. The van der Waals surface area contributed by atoms with Gasteiger partial charge in [0.1, 0.15) is 6.54 Å². The van der Waals surface area contributed by atoms with Gasteiger partial charge in [0.25, 0.3) is 0 Å². The Kier molecular flexibility index (Phi) is 10.5. The van der Waals surface area contributed by atoms with Crippen molar-refractivity contribution in [3.63, 3.8) is 0 Å². The van der Waals surface area contributed by atoms with Crippen LogP contribution in [0.3, 0.4) is 0 Å². The number of aliphatic carboxylic acids is 1. The van der Waals surface area contributed by atoms with Crippen LogP contribution in [0.4, 0.5) is 0 Å². The van der Waals surface area contributed by atoms with Crippen LogP contribution in [-0.4, -0.2) is 50.2 Å². The molecule has 0 aliphatic rings. The molecule has 0 aromatic rings. The molecule has 5 heteroatoms. The highest BCUT2D eigenvalue weighted by molar-refractivity contribution is 5.70. The molecule has 0 saturated heterocycles. The molecular formula is C17H31NO4. The lowest BCUT2D eigenvalue weighted by Gasteiger charge is -2.29. The van der Waals surface area contributed by atoms with Crippen LogP contribution in [-0.2, 0) is 14.3 Å². The van der Waals surface area contributed by atoms with Crippen LogP contribution >= 0.6 is 0 Å². The zero-order chi connectivity index (χ0) is 17.0. The fourth-order valence-corrected chi connectivity index (χ4v) is 2.27. The first-order chi connectivity index (χ1) is 10.2. The van der Waals surface area contributed by atoms with Gasteiger partial charge in [0, 0.05) is 18.8 Å². The first-order valence-electron chi connectivity index (χ1n) is 8.05. The number of carbonyl (C=O) groups excluding carboxylic acids is 2. The summed E-state index contributed by atoms with van der Waals surface area (Å²) in [5.74, 6) is -1.50. The number of unbranched alkanes of at least 4 members (excludes halogenated alkanes) is 5. The zero-order valence-electron chi connectivity index (χ0n) is 14.3. The lowest BCUT2D eigenvalue weighted by Crippen LogP contribution is -2.45. The van der Waals surface area contributed by atoms with Crippen LogP contribution in [0.5, 0.6) is 0 Å². The largest absolute Gasteiger partial charge is 0.550 e. The summed E-state index contributed by atoms with van der Waals surface area (Å²) < 4.78 is 5.83. The smallest absolute Gasteiger partial charge is 0.306 e. The van der Waals surface area contributed by atoms with Crippen molar-refractivity contribution in [2.24, 2.45) is 0 Å². The van der Waals surface area contributed by atoms with Gasteiger partial charge in [-0.1, -0.05) is 25.3 Å². The molecular weight excluding hydrogens is 282 g/mol. The van der Waals surface area contributed by atoms with E-state index in [9.17, 15) is 14.7 Å². The summed E-state index contributed by atoms with van der Waals surface area (Å²) in [7, 11) is 5.79. The predicted octanol–water partition coefficient (Wildman–Crippen LogP) is 1.66. The number of quaternary nitrogens is 1. The monoisotopic (exact) mass is 313 g/mol. The predicted molar refractivity (Wildman–Crippen MR) is 84.9 cm³/mol. The molecule has 0 aromatic heterocycles. The number of carboxylic acids is 1. The maximum atomic E-state index is 11.8. The lowest BCUT2D eigenvalue weighted by atomic mass is 10.1. The average molecular weight is 313 g/mol. The van der Waals surface area contributed by atoms with Crippen LogP contribution < -0.4 is 5.11 Å². The van der Waals surface area contributed by atoms with E-state index in [2.05, 4.69) is 6.58 Å². The Hall–Kier alpha value is -1.36. The fourth-order valence-electron chi connectivity index (χ4n) is 2.27. The number of hydrogen-bond acceptors (Lipinski definition) is 4. The van der Waals surface area contributed by atoms with Gasteiger partial charge in [0.05, 0.1) is 21.1 Å². The van der Waals surface area contributed by atoms with Crippen LogP contribution in [0.2, 0.25) is 0 Å². The third-order valence-electron chi connectivity index (χ3n) is 3.23. The summed E-state index contributed by atoms with van der Waals surface area (Å²) in [4.78, 5) is 22.5. The number of rotatable bonds is 13. The summed E-state index contributed by atoms with van der Waals surface area (Å²) >= 11 is 0. The molecule has 0 spiro atoms. The Morgan fingerprint density at radius 1 is 1.14 bits per heavy atom. The second kappa shape index (κ2) is 11.2. The molecule has 0 amide bonds. The fraction of sp³-hybridized carbons (Fsp3) is 0.765. The second-order valence-electron chi connectivity index (χ2n) is 6.76. The van der Waals surface area contributed by atoms with Crippen molar-refractivity contribution in [1.29, 1.82) is 0 Å². The molecule has 0 fully saturated rings. The molecule has 5 nitrogen and oxygen atoms in total. The van der Waals surface area contributed by atoms with E-state index in [1.165, 1.54) is 0 Å². The van der Waals surface area contributed by atoms with Crippen molar-refractivity contribution in [3.05, 3.63) is 12.7 Å². The Balaban J connectivity index is 3.96. The van der Waals surface area contributed by atoms with Crippen molar-refractivity contribution < 1.29 is 23.9 Å². The van der Waals surface area contributed by atoms with E-state index in [0.717, 1.165) is 38.5 Å². The molecule has 0 bridgehead atoms. The van der Waals surface area contributed by atoms with Gasteiger partial charge in [-0.3, -0.25) is 4.79 Å². The quantitative estimate of drug-likeness (QED) is 0.224. The van der Waals surface area contributed by atoms with Crippen molar-refractivity contribution in [2.45, 2.75) is 57.5 Å². The SMILES string of the molecule is C=CCCCCCCCC(=O)OC(CC(=O)[O-])C[N+](C)(C)C. The molecule has 0 saturated carbocycles. The van der Waals surface area contributed by atoms with Gasteiger partial charge in [-0.25, -0.2) is 0 Å². The molecule has 0 aliphatic heterocycles. The van der Waals surface area contributed by atoms with E-state index in [1.807, 2.05) is 27.2 Å². The third-order valence-corrected chi connectivity index (χ3v) is 3.23. The highest BCUT2D eigenvalue weighted by Gasteiger charge is 2.22. The number of esters is 1. The first kappa shape index (κ1) is 20.6. The third kappa shape index (κ3) is 13.6. The molecule has 0 radical (unpaired) electrons. The van der Waals surface area contributed by atoms with Gasteiger partial charge < -0.3 is 19.1 Å². The lowest BCUT2D eigenvalue weighted by molar-refractivity contribution is -0.873. The zero-order valence-corrected chi connectivity index (χ0v) is 14.3. The topological polar surface area (TPSA) is 66.4 Å². The normalized spacial score (nSPS) is 12.7. The van der Waals surface area contributed by atoms with E-state index in [1.54, 1.807) is 0 Å². The van der Waals surface area contributed by atoms with Crippen LogP contribution in [0, 0.1) is 0 Å². The summed E-state index contributed by atoms with van der Waals surface area (Å²) in [6.45, 7) is 4.14. The molecule has 0 aliphatic carbocycles.